The Morgan fingerprint density at radius 3 is 2.11 bits per heavy atom. The topological polar surface area (TPSA) is 67.8 Å². The van der Waals surface area contributed by atoms with Crippen LogP contribution >= 0.6 is 0 Å². The van der Waals surface area contributed by atoms with Crippen LogP contribution in [0.4, 0.5) is 0 Å². The van der Waals surface area contributed by atoms with Crippen LogP contribution in [-0.4, -0.2) is 12.0 Å². The lowest BCUT2D eigenvalue weighted by Gasteiger charge is -2.09. The molecule has 0 radical (unpaired) electrons. The molecule has 2 rings (SSSR count). The Kier molecular flexibility index (Phi) is 3.75. The van der Waals surface area contributed by atoms with Gasteiger partial charge < -0.3 is 15.6 Å². The van der Waals surface area contributed by atoms with Crippen molar-refractivity contribution in [2.24, 2.45) is 0 Å². The van der Waals surface area contributed by atoms with Crippen molar-refractivity contribution in [2.75, 3.05) is 0 Å². The molecule has 1 atom stereocenters. The van der Waals surface area contributed by atoms with Gasteiger partial charge in [0.2, 0.25) is 0 Å². The van der Waals surface area contributed by atoms with E-state index in [0.717, 1.165) is 16.7 Å². The van der Waals surface area contributed by atoms with Gasteiger partial charge >= 0.3 is 0 Å². The highest BCUT2D eigenvalue weighted by Crippen LogP contribution is 2.19. The summed E-state index contributed by atoms with van der Waals surface area (Å²) in [5, 5.41) is 10.6. The van der Waals surface area contributed by atoms with Crippen molar-refractivity contribution in [2.45, 2.75) is 12.5 Å². The predicted molar refractivity (Wildman–Crippen MR) is 67.3 cm³/mol. The Labute approximate surface area is 106 Å². The van der Waals surface area contributed by atoms with E-state index in [0.29, 0.717) is 6.42 Å². The summed E-state index contributed by atoms with van der Waals surface area (Å²) < 4.78 is 0. The zero-order valence-corrected chi connectivity index (χ0v) is 10.0. The lowest BCUT2D eigenvalue weighted by Crippen LogP contribution is -2.69. The first kappa shape index (κ1) is 12.3. The Morgan fingerprint density at radius 2 is 1.56 bits per heavy atom. The van der Waals surface area contributed by atoms with Crippen LogP contribution in [0.15, 0.2) is 54.6 Å². The first-order chi connectivity index (χ1) is 8.66. The molecule has 92 valence electrons. The molecule has 2 aromatic carbocycles. The molecule has 3 nitrogen and oxygen atoms in total. The van der Waals surface area contributed by atoms with E-state index >= 15 is 0 Å². The minimum Gasteiger partial charge on any atom is -0.544 e. The minimum atomic E-state index is -1.11. The molecule has 0 saturated heterocycles. The van der Waals surface area contributed by atoms with Gasteiger partial charge in [0.1, 0.15) is 6.04 Å². The number of aliphatic carboxylic acids is 1. The molecule has 0 aliphatic heterocycles. The van der Waals surface area contributed by atoms with Crippen LogP contribution < -0.4 is 10.8 Å². The molecule has 0 unspecified atom stereocenters. The van der Waals surface area contributed by atoms with Gasteiger partial charge in [-0.05, 0) is 16.7 Å². The number of carbonyl (C=O) groups is 1. The van der Waals surface area contributed by atoms with Gasteiger partial charge in [-0.25, -0.2) is 0 Å². The van der Waals surface area contributed by atoms with E-state index in [1.54, 1.807) is 0 Å². The van der Waals surface area contributed by atoms with Crippen LogP contribution in [0.5, 0.6) is 0 Å². The van der Waals surface area contributed by atoms with Crippen molar-refractivity contribution in [1.29, 1.82) is 0 Å². The van der Waals surface area contributed by atoms with Gasteiger partial charge in [-0.15, -0.1) is 0 Å². The van der Waals surface area contributed by atoms with E-state index in [1.807, 2.05) is 54.6 Å². The van der Waals surface area contributed by atoms with E-state index in [4.69, 9.17) is 0 Å². The second-order valence-electron chi connectivity index (χ2n) is 4.28. The molecule has 0 fully saturated rings. The second kappa shape index (κ2) is 5.47. The monoisotopic (exact) mass is 241 g/mol. The average Bonchev–Trinajstić information content (AvgIpc) is 2.40. The van der Waals surface area contributed by atoms with Crippen molar-refractivity contribution in [1.82, 2.24) is 0 Å². The van der Waals surface area contributed by atoms with Crippen LogP contribution in [0.3, 0.4) is 0 Å². The van der Waals surface area contributed by atoms with Crippen LogP contribution in [0, 0.1) is 0 Å². The zero-order valence-electron chi connectivity index (χ0n) is 10.0. The lowest BCUT2D eigenvalue weighted by atomic mass is 10.0. The third-order valence-electron chi connectivity index (χ3n) is 2.88. The maximum Gasteiger partial charge on any atom is 0.129 e. The summed E-state index contributed by atoms with van der Waals surface area (Å²) in [5.74, 6) is -1.11. The molecule has 3 N–H and O–H groups in total. The van der Waals surface area contributed by atoms with Crippen LogP contribution in [-0.2, 0) is 11.2 Å². The number of benzene rings is 2. The van der Waals surface area contributed by atoms with Crippen molar-refractivity contribution in [3.8, 4) is 11.1 Å². The first-order valence-corrected chi connectivity index (χ1v) is 5.85. The Bertz CT molecular complexity index is 520. The Morgan fingerprint density at radius 1 is 1.00 bits per heavy atom. The summed E-state index contributed by atoms with van der Waals surface area (Å²) in [7, 11) is 0. The van der Waals surface area contributed by atoms with Crippen LogP contribution in [0.1, 0.15) is 5.56 Å². The Hall–Kier alpha value is -2.13. The maximum atomic E-state index is 10.6. The lowest BCUT2D eigenvalue weighted by molar-refractivity contribution is -0.437. The SMILES string of the molecule is [NH3+][C@H](Cc1ccc(-c2ccccc2)cc1)C(=O)[O-]. The molecule has 0 spiro atoms. The highest BCUT2D eigenvalue weighted by atomic mass is 16.4. The van der Waals surface area contributed by atoms with E-state index in [9.17, 15) is 9.90 Å². The van der Waals surface area contributed by atoms with Crippen molar-refractivity contribution >= 4 is 5.97 Å². The molecule has 0 aliphatic rings. The maximum absolute atomic E-state index is 10.6. The van der Waals surface area contributed by atoms with E-state index in [1.165, 1.54) is 0 Å². The van der Waals surface area contributed by atoms with Crippen LogP contribution in [0.2, 0.25) is 0 Å². The zero-order chi connectivity index (χ0) is 13.0. The van der Waals surface area contributed by atoms with Gasteiger partial charge in [-0.1, -0.05) is 54.6 Å². The van der Waals surface area contributed by atoms with Gasteiger partial charge in [-0.3, -0.25) is 0 Å². The predicted octanol–water partition coefficient (Wildman–Crippen LogP) is 0.256. The van der Waals surface area contributed by atoms with Gasteiger partial charge in [0.15, 0.2) is 0 Å². The van der Waals surface area contributed by atoms with E-state index < -0.39 is 12.0 Å². The molecule has 18 heavy (non-hydrogen) atoms. The molecule has 0 aliphatic carbocycles. The number of hydrogen-bond donors (Lipinski definition) is 1. The second-order valence-corrected chi connectivity index (χ2v) is 4.28. The standard InChI is InChI=1S/C15H15NO2/c16-14(15(17)18)10-11-6-8-13(9-7-11)12-4-2-1-3-5-12/h1-9,14H,10,16H2,(H,17,18)/t14-/m1/s1. The summed E-state index contributed by atoms with van der Waals surface area (Å²) in [5.41, 5.74) is 6.78. The van der Waals surface area contributed by atoms with Crippen molar-refractivity contribution in [3.63, 3.8) is 0 Å². The molecule has 2 aromatic rings. The quantitative estimate of drug-likeness (QED) is 0.834. The van der Waals surface area contributed by atoms with Gasteiger partial charge in [0, 0.05) is 6.42 Å². The number of hydrogen-bond acceptors (Lipinski definition) is 2. The first-order valence-electron chi connectivity index (χ1n) is 5.85. The molecule has 0 aromatic heterocycles. The number of carboxylic acid groups (broad SMARTS) is 1. The summed E-state index contributed by atoms with van der Waals surface area (Å²) in [6, 6.07) is 17.2. The molecule has 0 amide bonds. The highest BCUT2D eigenvalue weighted by molar-refractivity contribution is 5.70. The summed E-state index contributed by atoms with van der Waals surface area (Å²) in [6.45, 7) is 0. The van der Waals surface area contributed by atoms with Crippen molar-refractivity contribution < 1.29 is 15.6 Å². The number of rotatable bonds is 4. The molecular formula is C15H15NO2. The highest BCUT2D eigenvalue weighted by Gasteiger charge is 2.08. The number of quaternary nitrogens is 1. The largest absolute Gasteiger partial charge is 0.544 e. The van der Waals surface area contributed by atoms with Crippen LogP contribution in [0.25, 0.3) is 11.1 Å². The smallest absolute Gasteiger partial charge is 0.129 e. The summed E-state index contributed by atoms with van der Waals surface area (Å²) >= 11 is 0. The number of carboxylic acids is 1. The fraction of sp³-hybridized carbons (Fsp3) is 0.133. The van der Waals surface area contributed by atoms with Gasteiger partial charge in [0.05, 0.1) is 5.97 Å². The number of carbonyl (C=O) groups excluding carboxylic acids is 1. The molecule has 0 bridgehead atoms. The average molecular weight is 241 g/mol. The molecular weight excluding hydrogens is 226 g/mol. The minimum absolute atomic E-state index is 0.400. The van der Waals surface area contributed by atoms with Gasteiger partial charge in [-0.2, -0.15) is 0 Å². The molecule has 0 heterocycles. The fourth-order valence-corrected chi connectivity index (χ4v) is 1.83. The van der Waals surface area contributed by atoms with Gasteiger partial charge in [0.25, 0.3) is 0 Å². The fourth-order valence-electron chi connectivity index (χ4n) is 1.83. The summed E-state index contributed by atoms with van der Waals surface area (Å²) in [6.07, 6.45) is 0.400. The van der Waals surface area contributed by atoms with E-state index in [2.05, 4.69) is 5.73 Å². The third-order valence-corrected chi connectivity index (χ3v) is 2.88. The molecule has 3 heteroatoms. The normalized spacial score (nSPS) is 12.1. The Balaban J connectivity index is 2.13. The van der Waals surface area contributed by atoms with E-state index in [-0.39, 0.29) is 0 Å². The third kappa shape index (κ3) is 2.96. The molecule has 0 saturated carbocycles. The summed E-state index contributed by atoms with van der Waals surface area (Å²) in [4.78, 5) is 10.6. The van der Waals surface area contributed by atoms with Crippen molar-refractivity contribution in [3.05, 3.63) is 60.2 Å².